The molecule has 1 spiro atoms. The van der Waals surface area contributed by atoms with E-state index in [1.165, 1.54) is 45.4 Å². The number of nitrogens with one attached hydrogen (secondary N) is 1. The summed E-state index contributed by atoms with van der Waals surface area (Å²) in [5, 5.41) is 3.49. The van der Waals surface area contributed by atoms with Crippen molar-refractivity contribution in [2.45, 2.75) is 51.0 Å². The number of carbonyl (C=O) groups is 1. The molecule has 3 aliphatic heterocycles. The van der Waals surface area contributed by atoms with Gasteiger partial charge < -0.3 is 15.0 Å². The molecule has 4 heteroatoms. The Morgan fingerprint density at radius 2 is 1.86 bits per heavy atom. The first-order valence-electron chi connectivity index (χ1n) is 8.89. The van der Waals surface area contributed by atoms with Crippen molar-refractivity contribution in [2.24, 2.45) is 17.3 Å². The van der Waals surface area contributed by atoms with Gasteiger partial charge in [0.05, 0.1) is 5.41 Å². The molecular weight excluding hydrogens is 264 g/mol. The second kappa shape index (κ2) is 5.54. The molecule has 3 atom stereocenters. The van der Waals surface area contributed by atoms with E-state index in [1.54, 1.807) is 0 Å². The van der Waals surface area contributed by atoms with Crippen LogP contribution in [-0.2, 0) is 9.53 Å². The summed E-state index contributed by atoms with van der Waals surface area (Å²) in [5.74, 6) is 1.84. The summed E-state index contributed by atoms with van der Waals surface area (Å²) in [6.45, 7) is 5.99. The summed E-state index contributed by atoms with van der Waals surface area (Å²) in [6, 6.07) is 0. The highest BCUT2D eigenvalue weighted by Gasteiger charge is 2.49. The maximum atomic E-state index is 12.3. The van der Waals surface area contributed by atoms with Crippen LogP contribution in [0.25, 0.3) is 0 Å². The van der Waals surface area contributed by atoms with Crippen LogP contribution in [0, 0.1) is 17.3 Å². The molecule has 4 aliphatic rings. The molecule has 4 rings (SSSR count). The average molecular weight is 292 g/mol. The molecule has 4 nitrogen and oxygen atoms in total. The molecule has 0 aromatic heterocycles. The quantitative estimate of drug-likeness (QED) is 0.805. The van der Waals surface area contributed by atoms with Crippen LogP contribution in [-0.4, -0.2) is 49.7 Å². The standard InChI is InChI=1S/C17H28N2O2/c20-16-17(5-2-1-3-6-17)8-15(21-16)4-7-19-11-13-9-18-10-14(13)12-19/h13-15,18H,1-12H2. The number of fused-ring (bicyclic) bond motifs is 1. The van der Waals surface area contributed by atoms with Crippen molar-refractivity contribution in [3.8, 4) is 0 Å². The van der Waals surface area contributed by atoms with Crippen molar-refractivity contribution < 1.29 is 9.53 Å². The third-order valence-corrected chi connectivity index (χ3v) is 6.37. The second-order valence-electron chi connectivity index (χ2n) is 7.80. The van der Waals surface area contributed by atoms with Crippen molar-refractivity contribution >= 4 is 5.97 Å². The Morgan fingerprint density at radius 1 is 1.14 bits per heavy atom. The van der Waals surface area contributed by atoms with Gasteiger partial charge in [0.2, 0.25) is 0 Å². The lowest BCUT2D eigenvalue weighted by Gasteiger charge is -2.28. The van der Waals surface area contributed by atoms with Gasteiger partial charge in [-0.2, -0.15) is 0 Å². The third kappa shape index (κ3) is 2.61. The Bertz CT molecular complexity index is 394. The Labute approximate surface area is 127 Å². The van der Waals surface area contributed by atoms with E-state index >= 15 is 0 Å². The molecule has 0 radical (unpaired) electrons. The summed E-state index contributed by atoms with van der Waals surface area (Å²) in [5.41, 5.74) is -0.0889. The highest BCUT2D eigenvalue weighted by atomic mass is 16.6. The van der Waals surface area contributed by atoms with E-state index in [4.69, 9.17) is 4.74 Å². The van der Waals surface area contributed by atoms with E-state index in [1.807, 2.05) is 0 Å². The molecule has 118 valence electrons. The van der Waals surface area contributed by atoms with Gasteiger partial charge in [0.25, 0.3) is 0 Å². The third-order valence-electron chi connectivity index (χ3n) is 6.37. The largest absolute Gasteiger partial charge is 0.462 e. The number of rotatable bonds is 3. The minimum absolute atomic E-state index is 0.0889. The van der Waals surface area contributed by atoms with Crippen LogP contribution in [0.1, 0.15) is 44.9 Å². The highest BCUT2D eigenvalue weighted by molar-refractivity contribution is 5.79. The van der Waals surface area contributed by atoms with E-state index in [2.05, 4.69) is 10.2 Å². The van der Waals surface area contributed by atoms with Crippen LogP contribution in [0.4, 0.5) is 0 Å². The Hall–Kier alpha value is -0.610. The minimum Gasteiger partial charge on any atom is -0.462 e. The van der Waals surface area contributed by atoms with Gasteiger partial charge in [-0.05, 0) is 44.2 Å². The predicted molar refractivity (Wildman–Crippen MR) is 80.9 cm³/mol. The zero-order chi connectivity index (χ0) is 14.3. The second-order valence-corrected chi connectivity index (χ2v) is 7.80. The topological polar surface area (TPSA) is 41.6 Å². The SMILES string of the molecule is O=C1OC(CCN2CC3CNCC3C2)CC12CCCCC2. The molecule has 1 N–H and O–H groups in total. The van der Waals surface area contributed by atoms with Crippen molar-refractivity contribution in [1.29, 1.82) is 0 Å². The first-order chi connectivity index (χ1) is 10.3. The molecule has 0 bridgehead atoms. The molecule has 3 heterocycles. The maximum absolute atomic E-state index is 12.3. The van der Waals surface area contributed by atoms with E-state index in [0.29, 0.717) is 0 Å². The number of likely N-dealkylation sites (tertiary alicyclic amines) is 1. The fourth-order valence-electron chi connectivity index (χ4n) is 5.10. The molecule has 4 fully saturated rings. The van der Waals surface area contributed by atoms with E-state index in [-0.39, 0.29) is 17.5 Å². The molecule has 1 saturated carbocycles. The number of cyclic esters (lactones) is 1. The molecular formula is C17H28N2O2. The Morgan fingerprint density at radius 3 is 2.57 bits per heavy atom. The molecule has 0 aromatic rings. The summed E-state index contributed by atoms with van der Waals surface area (Å²) in [7, 11) is 0. The van der Waals surface area contributed by atoms with Crippen molar-refractivity contribution in [2.75, 3.05) is 32.7 Å². The molecule has 0 amide bonds. The zero-order valence-electron chi connectivity index (χ0n) is 13.0. The smallest absolute Gasteiger partial charge is 0.312 e. The Kier molecular flexibility index (Phi) is 3.70. The van der Waals surface area contributed by atoms with Crippen LogP contribution in [0.3, 0.4) is 0 Å². The van der Waals surface area contributed by atoms with Crippen LogP contribution >= 0.6 is 0 Å². The average Bonchev–Trinajstić information content (AvgIpc) is 3.13. The van der Waals surface area contributed by atoms with Gasteiger partial charge in [-0.3, -0.25) is 4.79 Å². The minimum atomic E-state index is -0.0889. The van der Waals surface area contributed by atoms with Gasteiger partial charge in [0.1, 0.15) is 6.10 Å². The van der Waals surface area contributed by atoms with Crippen LogP contribution in [0.5, 0.6) is 0 Å². The van der Waals surface area contributed by atoms with Gasteiger partial charge in [-0.1, -0.05) is 19.3 Å². The maximum Gasteiger partial charge on any atom is 0.312 e. The van der Waals surface area contributed by atoms with Crippen molar-refractivity contribution in [3.63, 3.8) is 0 Å². The van der Waals surface area contributed by atoms with Crippen LogP contribution in [0.15, 0.2) is 0 Å². The lowest BCUT2D eigenvalue weighted by atomic mass is 9.72. The molecule has 0 aromatic carbocycles. The van der Waals surface area contributed by atoms with E-state index in [9.17, 15) is 4.79 Å². The fraction of sp³-hybridized carbons (Fsp3) is 0.941. The number of nitrogens with zero attached hydrogens (tertiary/aromatic N) is 1. The predicted octanol–water partition coefficient (Wildman–Crippen LogP) is 1.79. The number of carbonyl (C=O) groups excluding carboxylic acids is 1. The number of esters is 1. The number of ether oxygens (including phenoxy) is 1. The molecule has 21 heavy (non-hydrogen) atoms. The first kappa shape index (κ1) is 14.0. The van der Waals surface area contributed by atoms with E-state index < -0.39 is 0 Å². The van der Waals surface area contributed by atoms with Crippen molar-refractivity contribution in [3.05, 3.63) is 0 Å². The summed E-state index contributed by atoms with van der Waals surface area (Å²) < 4.78 is 5.73. The molecule has 3 unspecified atom stereocenters. The first-order valence-corrected chi connectivity index (χ1v) is 8.89. The van der Waals surface area contributed by atoms with Crippen molar-refractivity contribution in [1.82, 2.24) is 10.2 Å². The lowest BCUT2D eigenvalue weighted by Crippen LogP contribution is -2.29. The van der Waals surface area contributed by atoms with Crippen LogP contribution < -0.4 is 5.32 Å². The van der Waals surface area contributed by atoms with Gasteiger partial charge in [-0.15, -0.1) is 0 Å². The summed E-state index contributed by atoms with van der Waals surface area (Å²) >= 11 is 0. The highest BCUT2D eigenvalue weighted by Crippen LogP contribution is 2.46. The Balaban J connectivity index is 1.28. The lowest BCUT2D eigenvalue weighted by molar-refractivity contribution is -0.150. The number of hydrogen-bond donors (Lipinski definition) is 1. The normalized spacial score (nSPS) is 38.9. The monoisotopic (exact) mass is 292 g/mol. The van der Waals surface area contributed by atoms with Gasteiger partial charge in [0, 0.05) is 26.1 Å². The summed E-state index contributed by atoms with van der Waals surface area (Å²) in [4.78, 5) is 14.9. The van der Waals surface area contributed by atoms with Gasteiger partial charge in [-0.25, -0.2) is 0 Å². The fourth-order valence-corrected chi connectivity index (χ4v) is 5.10. The van der Waals surface area contributed by atoms with E-state index in [0.717, 1.165) is 44.1 Å². The van der Waals surface area contributed by atoms with Gasteiger partial charge >= 0.3 is 5.97 Å². The molecule has 1 aliphatic carbocycles. The van der Waals surface area contributed by atoms with Gasteiger partial charge in [0.15, 0.2) is 0 Å². The number of hydrogen-bond acceptors (Lipinski definition) is 4. The molecule has 3 saturated heterocycles. The zero-order valence-corrected chi connectivity index (χ0v) is 13.0. The summed E-state index contributed by atoms with van der Waals surface area (Å²) in [6.07, 6.45) is 8.09. The van der Waals surface area contributed by atoms with Crippen LogP contribution in [0.2, 0.25) is 0 Å².